The van der Waals surface area contributed by atoms with E-state index in [9.17, 15) is 14.0 Å². The summed E-state index contributed by atoms with van der Waals surface area (Å²) < 4.78 is 23.9. The molecule has 174 valence electrons. The molecule has 1 saturated carbocycles. The van der Waals surface area contributed by atoms with Gasteiger partial charge in [-0.3, -0.25) is 9.59 Å². The molecule has 1 aromatic heterocycles. The smallest absolute Gasteiger partial charge is 0.242 e. The average molecular weight is 445 g/mol. The molecule has 0 N–H and O–H groups in total. The Morgan fingerprint density at radius 2 is 1.81 bits per heavy atom. The molecule has 1 aliphatic rings. The van der Waals surface area contributed by atoms with Gasteiger partial charge in [0.15, 0.2) is 0 Å². The maximum atomic E-state index is 13.3. The molecule has 0 saturated heterocycles. The molecular weight excluding hydrogens is 411 g/mol. The number of furan rings is 1. The van der Waals surface area contributed by atoms with E-state index in [1.807, 2.05) is 0 Å². The van der Waals surface area contributed by atoms with Crippen molar-refractivity contribution in [3.8, 4) is 0 Å². The average Bonchev–Trinajstić information content (AvgIpc) is 3.50. The molecule has 0 bridgehead atoms. The molecule has 2 aromatic rings. The zero-order chi connectivity index (χ0) is 22.8. The lowest BCUT2D eigenvalue weighted by molar-refractivity contribution is -0.142. The molecule has 0 atom stereocenters. The molecule has 7 heteroatoms. The summed E-state index contributed by atoms with van der Waals surface area (Å²) in [4.78, 5) is 29.4. The van der Waals surface area contributed by atoms with Crippen LogP contribution in [-0.4, -0.2) is 48.4 Å². The van der Waals surface area contributed by atoms with Crippen LogP contribution in [0.4, 0.5) is 4.39 Å². The third-order valence-corrected chi connectivity index (χ3v) is 6.05. The Balaban J connectivity index is 1.66. The molecular formula is C25H33FN2O4. The van der Waals surface area contributed by atoms with Crippen molar-refractivity contribution in [2.45, 2.75) is 51.6 Å². The predicted octanol–water partition coefficient (Wildman–Crippen LogP) is 4.39. The second kappa shape index (κ2) is 12.4. The molecule has 3 rings (SSSR count). The van der Waals surface area contributed by atoms with Crippen molar-refractivity contribution in [2.75, 3.05) is 26.8 Å². The van der Waals surface area contributed by atoms with Crippen LogP contribution in [0.5, 0.6) is 0 Å². The van der Waals surface area contributed by atoms with E-state index in [1.54, 1.807) is 47.4 Å². The van der Waals surface area contributed by atoms with E-state index in [-0.39, 0.29) is 30.7 Å². The number of rotatable bonds is 12. The Bertz CT molecular complexity index is 832. The summed E-state index contributed by atoms with van der Waals surface area (Å²) >= 11 is 0. The fraction of sp³-hybridized carbons (Fsp3) is 0.520. The first-order valence-corrected chi connectivity index (χ1v) is 11.4. The number of carbonyl (C=O) groups excluding carboxylic acids is 2. The highest BCUT2D eigenvalue weighted by molar-refractivity contribution is 5.84. The number of amides is 2. The number of ether oxygens (including phenoxy) is 1. The molecule has 0 unspecified atom stereocenters. The van der Waals surface area contributed by atoms with Crippen molar-refractivity contribution in [2.24, 2.45) is 5.92 Å². The number of carbonyl (C=O) groups is 2. The van der Waals surface area contributed by atoms with E-state index in [1.165, 1.54) is 37.8 Å². The van der Waals surface area contributed by atoms with Crippen molar-refractivity contribution in [1.82, 2.24) is 9.80 Å². The van der Waals surface area contributed by atoms with Crippen LogP contribution >= 0.6 is 0 Å². The quantitative estimate of drug-likeness (QED) is 0.487. The molecule has 0 spiro atoms. The van der Waals surface area contributed by atoms with Crippen molar-refractivity contribution in [3.63, 3.8) is 0 Å². The number of halogens is 1. The highest BCUT2D eigenvalue weighted by atomic mass is 19.1. The molecule has 0 aliphatic heterocycles. The zero-order valence-corrected chi connectivity index (χ0v) is 18.8. The van der Waals surface area contributed by atoms with Crippen LogP contribution in [0, 0.1) is 11.7 Å². The first-order chi connectivity index (χ1) is 15.5. The van der Waals surface area contributed by atoms with Crippen molar-refractivity contribution >= 4 is 11.8 Å². The van der Waals surface area contributed by atoms with Gasteiger partial charge in [-0.15, -0.1) is 0 Å². The van der Waals surface area contributed by atoms with Gasteiger partial charge in [0.05, 0.1) is 26.0 Å². The van der Waals surface area contributed by atoms with E-state index >= 15 is 0 Å². The van der Waals surface area contributed by atoms with Crippen LogP contribution in [0.25, 0.3) is 0 Å². The lowest BCUT2D eigenvalue weighted by atomic mass is 10.0. The predicted molar refractivity (Wildman–Crippen MR) is 119 cm³/mol. The van der Waals surface area contributed by atoms with Crippen LogP contribution in [-0.2, 0) is 27.4 Å². The number of methoxy groups -OCH3 is 1. The third kappa shape index (κ3) is 7.48. The third-order valence-electron chi connectivity index (χ3n) is 6.05. The fourth-order valence-corrected chi connectivity index (χ4v) is 4.17. The van der Waals surface area contributed by atoms with Gasteiger partial charge in [-0.2, -0.15) is 0 Å². The molecule has 2 amide bonds. The summed E-state index contributed by atoms with van der Waals surface area (Å²) in [7, 11) is 1.58. The van der Waals surface area contributed by atoms with Crippen molar-refractivity contribution < 1.29 is 23.1 Å². The van der Waals surface area contributed by atoms with Gasteiger partial charge in [-0.05, 0) is 42.2 Å². The maximum absolute atomic E-state index is 13.3. The van der Waals surface area contributed by atoms with Gasteiger partial charge >= 0.3 is 0 Å². The highest BCUT2D eigenvalue weighted by Crippen LogP contribution is 2.28. The number of benzene rings is 1. The Kier molecular flexibility index (Phi) is 9.28. The molecule has 1 heterocycles. The van der Waals surface area contributed by atoms with E-state index in [0.717, 1.165) is 12.0 Å². The lowest BCUT2D eigenvalue weighted by Gasteiger charge is -2.27. The van der Waals surface area contributed by atoms with Gasteiger partial charge in [-0.25, -0.2) is 4.39 Å². The van der Waals surface area contributed by atoms with Crippen LogP contribution in [0.3, 0.4) is 0 Å². The largest absolute Gasteiger partial charge is 0.467 e. The number of hydrogen-bond acceptors (Lipinski definition) is 4. The molecule has 0 radical (unpaired) electrons. The molecule has 32 heavy (non-hydrogen) atoms. The molecule has 1 aromatic carbocycles. The molecule has 1 fully saturated rings. The Morgan fingerprint density at radius 1 is 1.06 bits per heavy atom. The fourth-order valence-electron chi connectivity index (χ4n) is 4.17. The van der Waals surface area contributed by atoms with Gasteiger partial charge < -0.3 is 19.0 Å². The van der Waals surface area contributed by atoms with E-state index in [4.69, 9.17) is 9.15 Å². The Labute approximate surface area is 189 Å². The van der Waals surface area contributed by atoms with E-state index < -0.39 is 0 Å². The van der Waals surface area contributed by atoms with E-state index in [2.05, 4.69) is 0 Å². The van der Waals surface area contributed by atoms with Gasteiger partial charge in [0.1, 0.15) is 11.6 Å². The summed E-state index contributed by atoms with van der Waals surface area (Å²) in [6, 6.07) is 9.65. The lowest BCUT2D eigenvalue weighted by Crippen LogP contribution is -2.43. The first kappa shape index (κ1) is 24.0. The summed E-state index contributed by atoms with van der Waals surface area (Å²) in [5, 5.41) is 0. The van der Waals surface area contributed by atoms with Crippen LogP contribution in [0.15, 0.2) is 47.1 Å². The SMILES string of the molecule is COCCN(CC(=O)N(Cc1ccc(F)cc1)Cc1ccco1)C(=O)CCC1CCCC1. The van der Waals surface area contributed by atoms with Crippen LogP contribution < -0.4 is 0 Å². The second-order valence-corrected chi connectivity index (χ2v) is 8.45. The van der Waals surface area contributed by atoms with Crippen molar-refractivity contribution in [1.29, 1.82) is 0 Å². The topological polar surface area (TPSA) is 63.0 Å². The molecule has 1 aliphatic carbocycles. The Hall–Kier alpha value is -2.67. The van der Waals surface area contributed by atoms with Crippen molar-refractivity contribution in [3.05, 3.63) is 59.8 Å². The minimum absolute atomic E-state index is 0.0120. The summed E-state index contributed by atoms with van der Waals surface area (Å²) in [5.41, 5.74) is 0.808. The van der Waals surface area contributed by atoms with Gasteiger partial charge in [0.2, 0.25) is 11.8 Å². The van der Waals surface area contributed by atoms with Gasteiger partial charge in [0.25, 0.3) is 0 Å². The number of nitrogens with zero attached hydrogens (tertiary/aromatic N) is 2. The Morgan fingerprint density at radius 3 is 2.47 bits per heavy atom. The minimum atomic E-state index is -0.323. The maximum Gasteiger partial charge on any atom is 0.242 e. The van der Waals surface area contributed by atoms with Gasteiger partial charge in [0, 0.05) is 26.6 Å². The van der Waals surface area contributed by atoms with Crippen LogP contribution in [0.2, 0.25) is 0 Å². The summed E-state index contributed by atoms with van der Waals surface area (Å²) in [5.74, 6) is 0.749. The zero-order valence-electron chi connectivity index (χ0n) is 18.8. The van der Waals surface area contributed by atoms with Crippen LogP contribution in [0.1, 0.15) is 49.8 Å². The highest BCUT2D eigenvalue weighted by Gasteiger charge is 2.24. The normalized spacial score (nSPS) is 13.9. The second-order valence-electron chi connectivity index (χ2n) is 8.45. The summed E-state index contributed by atoms with van der Waals surface area (Å²) in [6.07, 6.45) is 7.77. The molecule has 6 nitrogen and oxygen atoms in total. The number of hydrogen-bond donors (Lipinski definition) is 0. The first-order valence-electron chi connectivity index (χ1n) is 11.4. The van der Waals surface area contributed by atoms with E-state index in [0.29, 0.717) is 37.8 Å². The minimum Gasteiger partial charge on any atom is -0.467 e. The van der Waals surface area contributed by atoms with Gasteiger partial charge in [-0.1, -0.05) is 37.8 Å². The standard InChI is InChI=1S/C25H33FN2O4/c1-31-16-14-27(24(29)13-10-20-5-2-3-6-20)19-25(30)28(18-23-7-4-15-32-23)17-21-8-11-22(26)12-9-21/h4,7-9,11-12,15,20H,2-3,5-6,10,13-14,16-19H2,1H3. The summed E-state index contributed by atoms with van der Waals surface area (Å²) in [6.45, 7) is 1.30. The monoisotopic (exact) mass is 444 g/mol.